The molecule has 0 bridgehead atoms. The molecule has 0 aromatic rings. The van der Waals surface area contributed by atoms with Gasteiger partial charge in [-0.25, -0.2) is 0 Å². The van der Waals surface area contributed by atoms with E-state index in [0.717, 1.165) is 19.6 Å². The Balaban J connectivity index is 0.00000242. The molecule has 1 saturated carbocycles. The lowest BCUT2D eigenvalue weighted by molar-refractivity contribution is -0.125. The number of thioether (sulfide) groups is 1. The number of hydrogen-bond donors (Lipinski definition) is 2. The third kappa shape index (κ3) is 5.96. The maximum absolute atomic E-state index is 12.3. The molecule has 1 atom stereocenters. The molecule has 2 aliphatic rings. The van der Waals surface area contributed by atoms with Crippen molar-refractivity contribution in [3.8, 4) is 0 Å². The number of nitrogens with two attached hydrogens (primary N) is 1. The lowest BCUT2D eigenvalue weighted by Gasteiger charge is -2.44. The number of halogens is 2. The van der Waals surface area contributed by atoms with E-state index in [0.29, 0.717) is 0 Å². The Morgan fingerprint density at radius 1 is 1.22 bits per heavy atom. The fraction of sp³-hybridized carbons (Fsp3) is 0.938. The van der Waals surface area contributed by atoms with E-state index in [9.17, 15) is 4.79 Å². The molecule has 1 aliphatic carbocycles. The fourth-order valence-electron chi connectivity index (χ4n) is 3.43. The van der Waals surface area contributed by atoms with Gasteiger partial charge in [0.05, 0.1) is 6.04 Å². The van der Waals surface area contributed by atoms with Gasteiger partial charge in [-0.3, -0.25) is 9.69 Å². The Kier molecular flexibility index (Phi) is 9.85. The van der Waals surface area contributed by atoms with Crippen LogP contribution in [0.3, 0.4) is 0 Å². The van der Waals surface area contributed by atoms with Gasteiger partial charge in [0.15, 0.2) is 0 Å². The molecule has 4 nitrogen and oxygen atoms in total. The quantitative estimate of drug-likeness (QED) is 0.780. The Labute approximate surface area is 157 Å². The van der Waals surface area contributed by atoms with E-state index in [1.165, 1.54) is 37.2 Å². The Morgan fingerprint density at radius 2 is 1.74 bits per heavy atom. The summed E-state index contributed by atoms with van der Waals surface area (Å²) in [6.07, 6.45) is 4.99. The minimum atomic E-state index is -0.437. The highest BCUT2D eigenvalue weighted by atomic mass is 35.5. The summed E-state index contributed by atoms with van der Waals surface area (Å²) >= 11 is 2.04. The van der Waals surface area contributed by atoms with E-state index in [1.54, 1.807) is 0 Å². The van der Waals surface area contributed by atoms with E-state index in [-0.39, 0.29) is 41.7 Å². The molecule has 1 saturated heterocycles. The van der Waals surface area contributed by atoms with Gasteiger partial charge in [-0.15, -0.1) is 24.8 Å². The van der Waals surface area contributed by atoms with Crippen LogP contribution < -0.4 is 11.1 Å². The summed E-state index contributed by atoms with van der Waals surface area (Å²) in [5.41, 5.74) is 6.07. The fourth-order valence-corrected chi connectivity index (χ4v) is 4.33. The molecule has 7 heteroatoms. The molecule has 23 heavy (non-hydrogen) atoms. The summed E-state index contributed by atoms with van der Waals surface area (Å²) in [7, 11) is 0. The van der Waals surface area contributed by atoms with Crippen molar-refractivity contribution in [3.05, 3.63) is 0 Å². The normalized spacial score (nSPS) is 22.6. The zero-order valence-corrected chi connectivity index (χ0v) is 17.0. The highest BCUT2D eigenvalue weighted by Gasteiger charge is 2.40. The maximum atomic E-state index is 12.3. The van der Waals surface area contributed by atoms with Gasteiger partial charge in [-0.2, -0.15) is 11.8 Å². The molecular weight excluding hydrogens is 353 g/mol. The summed E-state index contributed by atoms with van der Waals surface area (Å²) in [5, 5.41) is 3.16. The van der Waals surface area contributed by atoms with Crippen LogP contribution in [0.25, 0.3) is 0 Å². The number of carbonyl (C=O) groups excluding carboxylic acids is 1. The Morgan fingerprint density at radius 3 is 2.22 bits per heavy atom. The molecule has 2 fully saturated rings. The van der Waals surface area contributed by atoms with Crippen molar-refractivity contribution < 1.29 is 4.79 Å². The predicted octanol–water partition coefficient (Wildman–Crippen LogP) is 2.68. The first-order valence-electron chi connectivity index (χ1n) is 8.21. The van der Waals surface area contributed by atoms with Gasteiger partial charge >= 0.3 is 0 Å². The molecule has 1 aliphatic heterocycles. The van der Waals surface area contributed by atoms with Crippen LogP contribution in [0.5, 0.6) is 0 Å². The number of nitrogens with zero attached hydrogens (tertiary/aromatic N) is 1. The number of rotatable bonds is 4. The summed E-state index contributed by atoms with van der Waals surface area (Å²) in [6, 6.07) is -0.437. The van der Waals surface area contributed by atoms with Crippen molar-refractivity contribution in [3.63, 3.8) is 0 Å². The third-order valence-corrected chi connectivity index (χ3v) is 5.97. The number of hydrogen-bond acceptors (Lipinski definition) is 4. The molecule has 1 heterocycles. The second-order valence-electron chi connectivity index (χ2n) is 7.59. The average Bonchev–Trinajstić information content (AvgIpc) is 2.94. The van der Waals surface area contributed by atoms with Crippen LogP contribution in [-0.4, -0.2) is 53.5 Å². The van der Waals surface area contributed by atoms with Gasteiger partial charge in [0.25, 0.3) is 0 Å². The Bertz CT molecular complexity index is 365. The smallest absolute Gasteiger partial charge is 0.237 e. The van der Waals surface area contributed by atoms with Crippen molar-refractivity contribution in [2.45, 2.75) is 58.0 Å². The SMILES string of the molecule is CC(C)(C)[C@H](N)C(=O)NCC1(N2CCSCC2)CCCC1.Cl.Cl. The van der Waals surface area contributed by atoms with Crippen LogP contribution in [0.15, 0.2) is 0 Å². The summed E-state index contributed by atoms with van der Waals surface area (Å²) < 4.78 is 0. The molecule has 138 valence electrons. The van der Waals surface area contributed by atoms with Crippen LogP contribution in [0.2, 0.25) is 0 Å². The summed E-state index contributed by atoms with van der Waals surface area (Å²) in [5.74, 6) is 2.44. The zero-order chi connectivity index (χ0) is 15.5. The van der Waals surface area contributed by atoms with Crippen LogP contribution in [0, 0.1) is 5.41 Å². The molecule has 2 rings (SSSR count). The molecule has 0 radical (unpaired) electrons. The zero-order valence-electron chi connectivity index (χ0n) is 14.6. The molecule has 1 amide bonds. The molecule has 3 N–H and O–H groups in total. The molecule has 0 unspecified atom stereocenters. The molecule has 0 spiro atoms. The standard InChI is InChI=1S/C16H31N3OS.2ClH/c1-15(2,3)13(17)14(20)18-12-16(6-4-5-7-16)19-8-10-21-11-9-19;;/h13H,4-12,17H2,1-3H3,(H,18,20);2*1H/t13-;;/m1../s1. The van der Waals surface area contributed by atoms with Gasteiger partial charge in [0.1, 0.15) is 0 Å². The monoisotopic (exact) mass is 385 g/mol. The number of carbonyl (C=O) groups is 1. The van der Waals surface area contributed by atoms with Gasteiger partial charge in [0.2, 0.25) is 5.91 Å². The van der Waals surface area contributed by atoms with Gasteiger partial charge in [0, 0.05) is 36.7 Å². The first-order valence-corrected chi connectivity index (χ1v) is 9.37. The molecular formula is C16H33Cl2N3OS. The van der Waals surface area contributed by atoms with Crippen LogP contribution >= 0.6 is 36.6 Å². The highest BCUT2D eigenvalue weighted by Crippen LogP contribution is 2.36. The van der Waals surface area contributed by atoms with Gasteiger partial charge in [-0.1, -0.05) is 33.6 Å². The lowest BCUT2D eigenvalue weighted by atomic mass is 9.86. The summed E-state index contributed by atoms with van der Waals surface area (Å²) in [6.45, 7) is 9.14. The van der Waals surface area contributed by atoms with Crippen LogP contribution in [-0.2, 0) is 4.79 Å². The second-order valence-corrected chi connectivity index (χ2v) is 8.82. The van der Waals surface area contributed by atoms with Crippen molar-refractivity contribution in [2.75, 3.05) is 31.1 Å². The van der Waals surface area contributed by atoms with Crippen molar-refractivity contribution >= 4 is 42.5 Å². The van der Waals surface area contributed by atoms with Crippen molar-refractivity contribution in [1.82, 2.24) is 10.2 Å². The molecule has 0 aromatic carbocycles. The first kappa shape index (κ1) is 23.3. The van der Waals surface area contributed by atoms with Gasteiger partial charge in [-0.05, 0) is 18.3 Å². The predicted molar refractivity (Wildman–Crippen MR) is 105 cm³/mol. The number of amides is 1. The third-order valence-electron chi connectivity index (χ3n) is 5.02. The Hall–Kier alpha value is 0.320. The molecule has 0 aromatic heterocycles. The van der Waals surface area contributed by atoms with E-state index >= 15 is 0 Å². The number of nitrogens with one attached hydrogen (secondary N) is 1. The van der Waals surface area contributed by atoms with E-state index in [1.807, 2.05) is 32.5 Å². The second kappa shape index (κ2) is 9.71. The first-order chi connectivity index (χ1) is 9.85. The van der Waals surface area contributed by atoms with Crippen molar-refractivity contribution in [2.24, 2.45) is 11.1 Å². The minimum absolute atomic E-state index is 0. The van der Waals surface area contributed by atoms with Crippen molar-refractivity contribution in [1.29, 1.82) is 0 Å². The maximum Gasteiger partial charge on any atom is 0.237 e. The minimum Gasteiger partial charge on any atom is -0.353 e. The lowest BCUT2D eigenvalue weighted by Crippen LogP contribution is -2.59. The topological polar surface area (TPSA) is 58.4 Å². The highest BCUT2D eigenvalue weighted by molar-refractivity contribution is 7.99. The van der Waals surface area contributed by atoms with E-state index in [4.69, 9.17) is 5.73 Å². The summed E-state index contributed by atoms with van der Waals surface area (Å²) in [4.78, 5) is 14.9. The van der Waals surface area contributed by atoms with Crippen LogP contribution in [0.4, 0.5) is 0 Å². The van der Waals surface area contributed by atoms with E-state index in [2.05, 4.69) is 10.2 Å². The van der Waals surface area contributed by atoms with Crippen LogP contribution in [0.1, 0.15) is 46.5 Å². The average molecular weight is 386 g/mol. The van der Waals surface area contributed by atoms with E-state index < -0.39 is 6.04 Å². The largest absolute Gasteiger partial charge is 0.353 e. The van der Waals surface area contributed by atoms with Gasteiger partial charge < -0.3 is 11.1 Å².